The number of carbonyl (C=O) groups is 1. The molecule has 1 N–H and O–H groups in total. The standard InChI is InChI=1S/C13H13N5O/c14-18-17-8-3-7-16-13(19)11-6-9-15-12-5-2-1-4-10(11)12/h1-2,4-6,9H,3,7-8H2,(H,16,19). The van der Waals surface area contributed by atoms with Crippen molar-refractivity contribution in [2.45, 2.75) is 6.42 Å². The van der Waals surface area contributed by atoms with Crippen LogP contribution < -0.4 is 5.32 Å². The lowest BCUT2D eigenvalue weighted by Crippen LogP contribution is -2.25. The number of pyridine rings is 1. The average molecular weight is 255 g/mol. The molecule has 0 aliphatic rings. The van der Waals surface area contributed by atoms with E-state index in [0.29, 0.717) is 25.1 Å². The molecular formula is C13H13N5O. The normalized spacial score (nSPS) is 9.89. The van der Waals surface area contributed by atoms with Gasteiger partial charge in [-0.25, -0.2) is 0 Å². The van der Waals surface area contributed by atoms with Gasteiger partial charge in [-0.1, -0.05) is 23.3 Å². The Labute approximate surface area is 110 Å². The number of carbonyl (C=O) groups excluding carboxylic acids is 1. The van der Waals surface area contributed by atoms with E-state index in [4.69, 9.17) is 5.53 Å². The molecule has 96 valence electrons. The molecule has 0 bridgehead atoms. The van der Waals surface area contributed by atoms with Gasteiger partial charge in [0.15, 0.2) is 0 Å². The first-order valence-corrected chi connectivity index (χ1v) is 5.96. The fraction of sp³-hybridized carbons (Fsp3) is 0.231. The van der Waals surface area contributed by atoms with Gasteiger partial charge in [-0.3, -0.25) is 9.78 Å². The Morgan fingerprint density at radius 2 is 2.21 bits per heavy atom. The molecule has 6 nitrogen and oxygen atoms in total. The fourth-order valence-corrected chi connectivity index (χ4v) is 1.79. The number of hydrogen-bond donors (Lipinski definition) is 1. The van der Waals surface area contributed by atoms with E-state index in [-0.39, 0.29) is 5.91 Å². The van der Waals surface area contributed by atoms with Crippen LogP contribution in [-0.4, -0.2) is 24.0 Å². The third-order valence-corrected chi connectivity index (χ3v) is 2.68. The van der Waals surface area contributed by atoms with Crippen molar-refractivity contribution < 1.29 is 4.79 Å². The van der Waals surface area contributed by atoms with Gasteiger partial charge in [0.25, 0.3) is 5.91 Å². The van der Waals surface area contributed by atoms with Crippen molar-refractivity contribution in [3.05, 3.63) is 52.5 Å². The Hall–Kier alpha value is -2.59. The second kappa shape index (κ2) is 6.37. The van der Waals surface area contributed by atoms with E-state index >= 15 is 0 Å². The highest BCUT2D eigenvalue weighted by Crippen LogP contribution is 2.15. The van der Waals surface area contributed by atoms with Gasteiger partial charge in [0.05, 0.1) is 11.1 Å². The van der Waals surface area contributed by atoms with Crippen molar-refractivity contribution in [3.63, 3.8) is 0 Å². The SMILES string of the molecule is [N-]=[N+]=NCCCNC(=O)c1ccnc2ccccc12. The van der Waals surface area contributed by atoms with Crippen LogP contribution in [0.15, 0.2) is 41.6 Å². The maximum Gasteiger partial charge on any atom is 0.252 e. The summed E-state index contributed by atoms with van der Waals surface area (Å²) < 4.78 is 0. The molecule has 0 radical (unpaired) electrons. The average Bonchev–Trinajstić information content (AvgIpc) is 2.46. The van der Waals surface area contributed by atoms with Gasteiger partial charge in [0, 0.05) is 29.6 Å². The predicted octanol–water partition coefficient (Wildman–Crippen LogP) is 2.67. The maximum atomic E-state index is 12.0. The van der Waals surface area contributed by atoms with Crippen molar-refractivity contribution >= 4 is 16.8 Å². The summed E-state index contributed by atoms with van der Waals surface area (Å²) >= 11 is 0. The van der Waals surface area contributed by atoms with Gasteiger partial charge in [-0.05, 0) is 24.1 Å². The lowest BCUT2D eigenvalue weighted by molar-refractivity contribution is 0.0955. The van der Waals surface area contributed by atoms with Crippen molar-refractivity contribution in [3.8, 4) is 0 Å². The van der Waals surface area contributed by atoms with Crippen LogP contribution in [0, 0.1) is 0 Å². The second-order valence-electron chi connectivity index (χ2n) is 3.94. The minimum Gasteiger partial charge on any atom is -0.352 e. The lowest BCUT2D eigenvalue weighted by atomic mass is 10.1. The lowest BCUT2D eigenvalue weighted by Gasteiger charge is -2.06. The van der Waals surface area contributed by atoms with Crippen LogP contribution in [0.4, 0.5) is 0 Å². The molecule has 2 aromatic rings. The molecule has 0 fully saturated rings. The Balaban J connectivity index is 2.07. The number of amides is 1. The minimum absolute atomic E-state index is 0.139. The van der Waals surface area contributed by atoms with Crippen molar-refractivity contribution in [2.24, 2.45) is 5.11 Å². The molecule has 0 aliphatic heterocycles. The van der Waals surface area contributed by atoms with E-state index < -0.39 is 0 Å². The summed E-state index contributed by atoms with van der Waals surface area (Å²) in [7, 11) is 0. The van der Waals surface area contributed by atoms with E-state index in [0.717, 1.165) is 10.9 Å². The molecule has 6 heteroatoms. The van der Waals surface area contributed by atoms with Gasteiger partial charge < -0.3 is 5.32 Å². The van der Waals surface area contributed by atoms with Crippen LogP contribution in [0.5, 0.6) is 0 Å². The van der Waals surface area contributed by atoms with Gasteiger partial charge in [-0.2, -0.15) is 0 Å². The Kier molecular flexibility index (Phi) is 4.31. The summed E-state index contributed by atoms with van der Waals surface area (Å²) in [5, 5.41) is 7.04. The Morgan fingerprint density at radius 3 is 3.05 bits per heavy atom. The summed E-state index contributed by atoms with van der Waals surface area (Å²) in [6, 6.07) is 9.20. The largest absolute Gasteiger partial charge is 0.352 e. The topological polar surface area (TPSA) is 90.8 Å². The number of azide groups is 1. The molecule has 1 heterocycles. The molecule has 0 unspecified atom stereocenters. The van der Waals surface area contributed by atoms with Crippen molar-refractivity contribution in [1.29, 1.82) is 0 Å². The number of nitrogens with zero attached hydrogens (tertiary/aromatic N) is 4. The summed E-state index contributed by atoms with van der Waals surface area (Å²) in [5.41, 5.74) is 9.54. The number of nitrogens with one attached hydrogen (secondary N) is 1. The summed E-state index contributed by atoms with van der Waals surface area (Å²) in [6.45, 7) is 0.863. The Bertz CT molecular complexity index is 628. The van der Waals surface area contributed by atoms with Crippen LogP contribution in [0.1, 0.15) is 16.8 Å². The van der Waals surface area contributed by atoms with Crippen molar-refractivity contribution in [2.75, 3.05) is 13.1 Å². The highest BCUT2D eigenvalue weighted by Gasteiger charge is 2.09. The summed E-state index contributed by atoms with van der Waals surface area (Å²) in [5.74, 6) is -0.139. The van der Waals surface area contributed by atoms with Crippen LogP contribution >= 0.6 is 0 Å². The quantitative estimate of drug-likeness (QED) is 0.385. The molecule has 0 atom stereocenters. The van der Waals surface area contributed by atoms with Crippen LogP contribution in [0.2, 0.25) is 0 Å². The number of hydrogen-bond acceptors (Lipinski definition) is 3. The predicted molar refractivity (Wildman–Crippen MR) is 72.7 cm³/mol. The minimum atomic E-state index is -0.139. The van der Waals surface area contributed by atoms with Gasteiger partial charge in [0.1, 0.15) is 0 Å². The highest BCUT2D eigenvalue weighted by molar-refractivity contribution is 6.05. The molecule has 0 aliphatic carbocycles. The smallest absolute Gasteiger partial charge is 0.252 e. The second-order valence-corrected chi connectivity index (χ2v) is 3.94. The van der Waals surface area contributed by atoms with E-state index in [1.807, 2.05) is 24.3 Å². The van der Waals surface area contributed by atoms with Crippen LogP contribution in [0.25, 0.3) is 21.3 Å². The zero-order chi connectivity index (χ0) is 13.5. The molecule has 0 saturated carbocycles. The first kappa shape index (κ1) is 12.9. The van der Waals surface area contributed by atoms with Gasteiger partial charge >= 0.3 is 0 Å². The van der Waals surface area contributed by atoms with Crippen molar-refractivity contribution in [1.82, 2.24) is 10.3 Å². The van der Waals surface area contributed by atoms with Gasteiger partial charge in [-0.15, -0.1) is 0 Å². The first-order chi connectivity index (χ1) is 9.33. The van der Waals surface area contributed by atoms with E-state index in [1.165, 1.54) is 0 Å². The van der Waals surface area contributed by atoms with E-state index in [2.05, 4.69) is 20.3 Å². The van der Waals surface area contributed by atoms with E-state index in [9.17, 15) is 4.79 Å². The number of rotatable bonds is 5. The third-order valence-electron chi connectivity index (χ3n) is 2.68. The van der Waals surface area contributed by atoms with Crippen LogP contribution in [0.3, 0.4) is 0 Å². The zero-order valence-corrected chi connectivity index (χ0v) is 10.3. The number of aromatic nitrogens is 1. The molecular weight excluding hydrogens is 242 g/mol. The third kappa shape index (κ3) is 3.20. The summed E-state index contributed by atoms with van der Waals surface area (Å²) in [4.78, 5) is 18.9. The molecule has 2 rings (SSSR count). The first-order valence-electron chi connectivity index (χ1n) is 5.96. The maximum absolute atomic E-state index is 12.0. The molecule has 1 aromatic carbocycles. The molecule has 0 spiro atoms. The number of para-hydroxylation sites is 1. The summed E-state index contributed by atoms with van der Waals surface area (Å²) in [6.07, 6.45) is 2.25. The molecule has 1 amide bonds. The number of fused-ring (bicyclic) bond motifs is 1. The highest BCUT2D eigenvalue weighted by atomic mass is 16.1. The van der Waals surface area contributed by atoms with Crippen LogP contribution in [-0.2, 0) is 0 Å². The molecule has 19 heavy (non-hydrogen) atoms. The number of benzene rings is 1. The molecule has 1 aromatic heterocycles. The monoisotopic (exact) mass is 255 g/mol. The van der Waals surface area contributed by atoms with Gasteiger partial charge in [0.2, 0.25) is 0 Å². The molecule has 0 saturated heterocycles. The fourth-order valence-electron chi connectivity index (χ4n) is 1.79. The van der Waals surface area contributed by atoms with E-state index in [1.54, 1.807) is 12.3 Å². The zero-order valence-electron chi connectivity index (χ0n) is 10.3. The Morgan fingerprint density at radius 1 is 1.37 bits per heavy atom.